The molecule has 120 heavy (non-hydrogen) atoms. The summed E-state index contributed by atoms with van der Waals surface area (Å²) in [6.45, 7) is 32.3. The van der Waals surface area contributed by atoms with Gasteiger partial charge in [0.25, 0.3) is 0 Å². The minimum absolute atomic E-state index is 0.324. The Morgan fingerprint density at radius 1 is 0.233 bits per heavy atom. The van der Waals surface area contributed by atoms with Crippen LogP contribution in [0.2, 0.25) is 0 Å². The molecule has 16 heteroatoms. The van der Waals surface area contributed by atoms with Gasteiger partial charge in [-0.15, -0.1) is 0 Å². The van der Waals surface area contributed by atoms with Gasteiger partial charge in [0.05, 0.1) is 78.3 Å². The SMILES string of the molecule is [C-]#[N+]c1ccc(-c2ccc3c(c2)c2cc(-c4ccc(C#N)cc4[N+]#[C-])ccc2n3-c2cc(-c3cccc(-c4cc(-c5nc(-c6ccccc6)nc(-c6ccccc6)n5)ccc4-n4c5ccc(-c6ccc([N+]#[C-])cc6C#N)cc5c5cc(-c6ccc(C#N)cc6[N+]#[C-])ccc54)c3)cc(-c3nc(-c4ccccc4)nc(-c4ccccc4)n3)c2)c(C#N)c1. The third kappa shape index (κ3) is 13.1. The molecule has 0 bridgehead atoms. The second-order valence-corrected chi connectivity index (χ2v) is 28.6. The smallest absolute Gasteiger partial charge is 0.196 e. The number of nitrogens with zero attached hydrogens (tertiary/aromatic N) is 16. The van der Waals surface area contributed by atoms with E-state index in [1.54, 1.807) is 48.5 Å². The summed E-state index contributed by atoms with van der Waals surface area (Å²) >= 11 is 0. The van der Waals surface area contributed by atoms with E-state index in [-0.39, 0.29) is 0 Å². The number of aromatic nitrogens is 8. The molecule has 0 aliphatic heterocycles. The number of hydrogen-bond donors (Lipinski definition) is 0. The largest absolute Gasteiger partial charge is 0.309 e. The Morgan fingerprint density at radius 2 is 0.575 bits per heavy atom. The molecule has 0 atom stereocenters. The van der Waals surface area contributed by atoms with E-state index in [0.717, 1.165) is 122 Å². The summed E-state index contributed by atoms with van der Waals surface area (Å²) in [5, 5.41) is 44.6. The zero-order valence-electron chi connectivity index (χ0n) is 63.3. The highest BCUT2D eigenvalue weighted by Crippen LogP contribution is 2.47. The third-order valence-corrected chi connectivity index (χ3v) is 21.6. The van der Waals surface area contributed by atoms with E-state index in [1.807, 2.05) is 176 Å². The van der Waals surface area contributed by atoms with Crippen LogP contribution in [0.1, 0.15) is 22.3 Å². The number of nitriles is 4. The van der Waals surface area contributed by atoms with Crippen LogP contribution in [0, 0.1) is 71.6 Å². The molecular formula is C104H54N16. The molecular weight excluding hydrogens is 1470 g/mol. The van der Waals surface area contributed by atoms with Crippen molar-refractivity contribution in [3.8, 4) is 171 Å². The highest BCUT2D eigenvalue weighted by atomic mass is 15.1. The molecule has 0 amide bonds. The van der Waals surface area contributed by atoms with E-state index in [2.05, 4.69) is 156 Å². The fourth-order valence-corrected chi connectivity index (χ4v) is 15.9. The molecule has 0 saturated heterocycles. The van der Waals surface area contributed by atoms with Gasteiger partial charge in [-0.3, -0.25) is 0 Å². The lowest BCUT2D eigenvalue weighted by molar-refractivity contribution is 1.07. The summed E-state index contributed by atoms with van der Waals surface area (Å²) < 4.78 is 4.45. The lowest BCUT2D eigenvalue weighted by Gasteiger charge is -2.18. The third-order valence-electron chi connectivity index (χ3n) is 21.6. The van der Waals surface area contributed by atoms with Crippen molar-refractivity contribution in [2.45, 2.75) is 0 Å². The molecule has 4 heterocycles. The highest BCUT2D eigenvalue weighted by molar-refractivity contribution is 6.14. The molecule has 19 rings (SSSR count). The Bertz CT molecular complexity index is 7500. The van der Waals surface area contributed by atoms with Crippen LogP contribution < -0.4 is 0 Å². The Balaban J connectivity index is 0.878. The first-order valence-electron chi connectivity index (χ1n) is 38.0. The maximum absolute atomic E-state index is 10.7. The van der Waals surface area contributed by atoms with Crippen LogP contribution in [0.15, 0.2) is 328 Å². The van der Waals surface area contributed by atoms with Gasteiger partial charge < -0.3 is 9.13 Å². The van der Waals surface area contributed by atoms with E-state index in [9.17, 15) is 21.0 Å². The van der Waals surface area contributed by atoms with Crippen molar-refractivity contribution in [2.24, 2.45) is 0 Å². The average Bonchev–Trinajstić information content (AvgIpc) is 1.56. The molecule has 0 aliphatic carbocycles. The quantitative estimate of drug-likeness (QED) is 0.0943. The zero-order valence-corrected chi connectivity index (χ0v) is 63.3. The number of fused-ring (bicyclic) bond motifs is 6. The molecule has 0 radical (unpaired) electrons. The second kappa shape index (κ2) is 30.4. The molecule has 0 N–H and O–H groups in total. The standard InChI is InChI=1S/C104H54N16/c1-109-80-35-39-83(78(50-80)61-107)71-30-41-95-88(54-71)89-56-73(85-37-28-63(59-105)46-92(85)111-3)32-42-96(89)119(95)82-52-76(49-77(53-82)104-117-101(67-22-13-7-14-23-67)114-102(118-104)68-24-15-8-16-25-68)69-26-17-27-70(48-69)87-58-75(103-115-99(65-18-9-5-10-19-65)113-100(116-103)66-20-11-6-12-21-66)34-45-94(87)120-97-43-31-72(84-40-36-81(110-2)51-79(84)62-108)55-90(97)91-57-74(33-44-98(91)120)86-38-29-64(60-106)47-93(86)112-4/h5-58H. The predicted octanol–water partition coefficient (Wildman–Crippen LogP) is 25.9. The average molecular weight is 1530 g/mol. The number of rotatable bonds is 14. The van der Waals surface area contributed by atoms with Crippen LogP contribution >= 0.6 is 0 Å². The molecule has 16 nitrogen and oxygen atoms in total. The van der Waals surface area contributed by atoms with Crippen molar-refractivity contribution < 1.29 is 0 Å². The van der Waals surface area contributed by atoms with Gasteiger partial charge >= 0.3 is 0 Å². The minimum Gasteiger partial charge on any atom is -0.309 e. The van der Waals surface area contributed by atoms with Crippen LogP contribution in [-0.4, -0.2) is 39.0 Å². The van der Waals surface area contributed by atoms with Gasteiger partial charge in [0.1, 0.15) is 0 Å². The fraction of sp³-hybridized carbons (Fsp3) is 0. The molecule has 0 fully saturated rings. The summed E-state index contributed by atoms with van der Waals surface area (Å²) in [7, 11) is 0. The maximum atomic E-state index is 10.7. The Morgan fingerprint density at radius 3 is 0.975 bits per heavy atom. The van der Waals surface area contributed by atoms with Gasteiger partial charge in [-0.05, 0) is 189 Å². The van der Waals surface area contributed by atoms with Gasteiger partial charge in [-0.1, -0.05) is 200 Å². The van der Waals surface area contributed by atoms with Crippen molar-refractivity contribution in [2.75, 3.05) is 0 Å². The van der Waals surface area contributed by atoms with Gasteiger partial charge in [0.2, 0.25) is 0 Å². The van der Waals surface area contributed by atoms with Gasteiger partial charge in [-0.2, -0.15) is 21.0 Å². The van der Waals surface area contributed by atoms with Gasteiger partial charge in [0, 0.05) is 88.4 Å². The number of hydrogen-bond acceptors (Lipinski definition) is 10. The van der Waals surface area contributed by atoms with Gasteiger partial charge in [0.15, 0.2) is 57.7 Å². The van der Waals surface area contributed by atoms with E-state index in [0.29, 0.717) is 113 Å². The minimum atomic E-state index is 0.324. The zero-order chi connectivity index (χ0) is 81.5. The molecule has 550 valence electrons. The van der Waals surface area contributed by atoms with E-state index < -0.39 is 0 Å². The maximum Gasteiger partial charge on any atom is 0.196 e. The van der Waals surface area contributed by atoms with Crippen molar-refractivity contribution in [3.63, 3.8) is 0 Å². The van der Waals surface area contributed by atoms with E-state index in [4.69, 9.17) is 56.2 Å². The first-order chi connectivity index (χ1) is 59.0. The summed E-state index contributed by atoms with van der Waals surface area (Å²) in [6.07, 6.45) is 0. The summed E-state index contributed by atoms with van der Waals surface area (Å²) in [5.74, 6) is 2.73. The normalized spacial score (nSPS) is 10.9. The van der Waals surface area contributed by atoms with Crippen LogP contribution in [0.5, 0.6) is 0 Å². The topological polar surface area (TPSA) is 200 Å². The van der Waals surface area contributed by atoms with Crippen molar-refractivity contribution >= 4 is 66.4 Å². The molecule has 4 aromatic heterocycles. The fourth-order valence-electron chi connectivity index (χ4n) is 15.9. The monoisotopic (exact) mass is 1530 g/mol. The van der Waals surface area contributed by atoms with Crippen molar-refractivity contribution in [1.82, 2.24) is 39.0 Å². The summed E-state index contributed by atoms with van der Waals surface area (Å²) in [6, 6.07) is 115. The summed E-state index contributed by atoms with van der Waals surface area (Å²) in [4.78, 5) is 46.6. The van der Waals surface area contributed by atoms with Crippen LogP contribution in [0.4, 0.5) is 22.7 Å². The molecule has 0 unspecified atom stereocenters. The summed E-state index contributed by atoms with van der Waals surface area (Å²) in [5.41, 5.74) is 20.8. The molecule has 15 aromatic carbocycles. The molecule has 0 saturated carbocycles. The highest BCUT2D eigenvalue weighted by Gasteiger charge is 2.25. The van der Waals surface area contributed by atoms with Crippen LogP contribution in [-0.2, 0) is 0 Å². The molecule has 0 spiro atoms. The lowest BCUT2D eigenvalue weighted by Crippen LogP contribution is -2.02. The first kappa shape index (κ1) is 72.1. The van der Waals surface area contributed by atoms with Crippen LogP contribution in [0.25, 0.3) is 209 Å². The van der Waals surface area contributed by atoms with E-state index in [1.165, 1.54) is 0 Å². The Kier molecular flexibility index (Phi) is 18.3. The van der Waals surface area contributed by atoms with E-state index >= 15 is 0 Å². The molecule has 19 aromatic rings. The Hall–Kier alpha value is -18.2. The lowest BCUT2D eigenvalue weighted by atomic mass is 9.95. The second-order valence-electron chi connectivity index (χ2n) is 28.6. The molecule has 0 aliphatic rings. The predicted molar refractivity (Wildman–Crippen MR) is 471 cm³/mol. The van der Waals surface area contributed by atoms with Crippen LogP contribution in [0.3, 0.4) is 0 Å². The van der Waals surface area contributed by atoms with Crippen molar-refractivity contribution in [1.29, 1.82) is 21.0 Å². The van der Waals surface area contributed by atoms with Crippen molar-refractivity contribution in [3.05, 3.63) is 396 Å². The first-order valence-corrected chi connectivity index (χ1v) is 38.0. The van der Waals surface area contributed by atoms with Gasteiger partial charge in [-0.25, -0.2) is 49.3 Å². The number of benzene rings is 15. The Labute approximate surface area is 688 Å².